The smallest absolute Gasteiger partial charge is 0.0488 e. The fourth-order valence-corrected chi connectivity index (χ4v) is 3.19. The summed E-state index contributed by atoms with van der Waals surface area (Å²) in [6, 6.07) is 8.26. The molecule has 1 aromatic rings. The third kappa shape index (κ3) is 3.21. The van der Waals surface area contributed by atoms with E-state index in [1.807, 2.05) is 18.2 Å². The van der Waals surface area contributed by atoms with Crippen LogP contribution in [0, 0.1) is 11.8 Å². The molecule has 3 N–H and O–H groups in total. The summed E-state index contributed by atoms with van der Waals surface area (Å²) < 4.78 is 0. The molecular weight excluding hydrogens is 232 g/mol. The van der Waals surface area contributed by atoms with E-state index >= 15 is 0 Å². The van der Waals surface area contributed by atoms with Crippen molar-refractivity contribution < 1.29 is 0 Å². The van der Waals surface area contributed by atoms with E-state index < -0.39 is 0 Å². The van der Waals surface area contributed by atoms with Crippen molar-refractivity contribution in [2.75, 3.05) is 0 Å². The van der Waals surface area contributed by atoms with Gasteiger partial charge in [-0.05, 0) is 42.4 Å². The number of rotatable bonds is 3. The summed E-state index contributed by atoms with van der Waals surface area (Å²) in [5, 5.41) is 0.784. The van der Waals surface area contributed by atoms with Crippen molar-refractivity contribution in [3.05, 3.63) is 34.9 Å². The Hall–Kier alpha value is -0.570. The number of nitrogens with one attached hydrogen (secondary N) is 1. The van der Waals surface area contributed by atoms with Crippen LogP contribution < -0.4 is 11.3 Å². The van der Waals surface area contributed by atoms with E-state index in [4.69, 9.17) is 17.4 Å². The van der Waals surface area contributed by atoms with E-state index in [1.54, 1.807) is 0 Å². The van der Waals surface area contributed by atoms with Gasteiger partial charge in [-0.15, -0.1) is 0 Å². The minimum atomic E-state index is 0.233. The fraction of sp³-hybridized carbons (Fsp3) is 0.571. The van der Waals surface area contributed by atoms with Gasteiger partial charge in [0.1, 0.15) is 0 Å². The van der Waals surface area contributed by atoms with Gasteiger partial charge in [0.05, 0.1) is 0 Å². The third-order valence-corrected chi connectivity index (χ3v) is 4.07. The minimum absolute atomic E-state index is 0.233. The van der Waals surface area contributed by atoms with Crippen molar-refractivity contribution >= 4 is 11.6 Å². The molecule has 0 saturated heterocycles. The molecule has 3 heteroatoms. The number of halogens is 1. The van der Waals surface area contributed by atoms with Gasteiger partial charge in [-0.1, -0.05) is 43.5 Å². The van der Waals surface area contributed by atoms with Crippen LogP contribution >= 0.6 is 11.6 Å². The third-order valence-electron chi connectivity index (χ3n) is 3.84. The second-order valence-corrected chi connectivity index (χ2v) is 5.67. The van der Waals surface area contributed by atoms with Gasteiger partial charge in [0.15, 0.2) is 0 Å². The summed E-state index contributed by atoms with van der Waals surface area (Å²) in [5.41, 5.74) is 4.18. The topological polar surface area (TPSA) is 38.0 Å². The predicted molar refractivity (Wildman–Crippen MR) is 72.6 cm³/mol. The largest absolute Gasteiger partial charge is 0.271 e. The lowest BCUT2D eigenvalue weighted by atomic mass is 9.77. The van der Waals surface area contributed by atoms with Gasteiger partial charge in [0, 0.05) is 11.1 Å². The number of hydrazine groups is 1. The van der Waals surface area contributed by atoms with Crippen LogP contribution in [0.2, 0.25) is 5.02 Å². The Bertz CT molecular complexity index is 367. The van der Waals surface area contributed by atoms with Gasteiger partial charge in [-0.25, -0.2) is 0 Å². The first-order valence-corrected chi connectivity index (χ1v) is 6.80. The summed E-state index contributed by atoms with van der Waals surface area (Å²) >= 11 is 6.04. The van der Waals surface area contributed by atoms with Crippen LogP contribution in [0.3, 0.4) is 0 Å². The quantitative estimate of drug-likeness (QED) is 0.636. The van der Waals surface area contributed by atoms with Crippen LogP contribution in [0.1, 0.15) is 44.2 Å². The summed E-state index contributed by atoms with van der Waals surface area (Å²) in [6.45, 7) is 2.33. The van der Waals surface area contributed by atoms with Crippen LogP contribution in [0.5, 0.6) is 0 Å². The Morgan fingerprint density at radius 1 is 1.41 bits per heavy atom. The molecule has 17 heavy (non-hydrogen) atoms. The molecule has 3 atom stereocenters. The number of nitrogens with two attached hydrogens (primary N) is 1. The maximum Gasteiger partial charge on any atom is 0.0488 e. The Morgan fingerprint density at radius 2 is 2.24 bits per heavy atom. The van der Waals surface area contributed by atoms with Gasteiger partial charge >= 0.3 is 0 Å². The molecule has 94 valence electrons. The number of benzene rings is 1. The molecule has 1 aromatic carbocycles. The van der Waals surface area contributed by atoms with Gasteiger partial charge < -0.3 is 0 Å². The Labute approximate surface area is 109 Å². The fourth-order valence-electron chi connectivity index (χ4n) is 2.99. The van der Waals surface area contributed by atoms with Crippen LogP contribution in [0.4, 0.5) is 0 Å². The molecule has 0 aliphatic heterocycles. The van der Waals surface area contributed by atoms with Gasteiger partial charge in [0.2, 0.25) is 0 Å². The summed E-state index contributed by atoms with van der Waals surface area (Å²) in [7, 11) is 0. The summed E-state index contributed by atoms with van der Waals surface area (Å²) in [5.74, 6) is 7.17. The highest BCUT2D eigenvalue weighted by molar-refractivity contribution is 6.30. The summed E-state index contributed by atoms with van der Waals surface area (Å²) in [4.78, 5) is 0. The van der Waals surface area contributed by atoms with Gasteiger partial charge in [-0.3, -0.25) is 11.3 Å². The first kappa shape index (κ1) is 12.9. The standard InChI is InChI=1S/C14H21ClN2/c1-10-4-2-5-11(8-10)14(17-16)12-6-3-7-13(15)9-12/h3,6-7,9-11,14,17H,2,4-5,8,16H2,1H3. The van der Waals surface area contributed by atoms with Crippen molar-refractivity contribution in [2.45, 2.75) is 38.6 Å². The van der Waals surface area contributed by atoms with Crippen LogP contribution in [-0.4, -0.2) is 0 Å². The van der Waals surface area contributed by atoms with Gasteiger partial charge in [-0.2, -0.15) is 0 Å². The molecular formula is C14H21ClN2. The molecule has 0 bridgehead atoms. The van der Waals surface area contributed by atoms with Crippen molar-refractivity contribution in [3.63, 3.8) is 0 Å². The lowest BCUT2D eigenvalue weighted by molar-refractivity contribution is 0.224. The molecule has 0 heterocycles. The molecule has 1 aliphatic rings. The lowest BCUT2D eigenvalue weighted by Gasteiger charge is -2.33. The van der Waals surface area contributed by atoms with Gasteiger partial charge in [0.25, 0.3) is 0 Å². The van der Waals surface area contributed by atoms with E-state index in [2.05, 4.69) is 18.4 Å². The molecule has 1 aliphatic carbocycles. The highest BCUT2D eigenvalue weighted by Crippen LogP contribution is 2.37. The lowest BCUT2D eigenvalue weighted by Crippen LogP contribution is -2.35. The van der Waals surface area contributed by atoms with E-state index in [1.165, 1.54) is 31.2 Å². The molecule has 0 aromatic heterocycles. The van der Waals surface area contributed by atoms with Crippen LogP contribution in [0.15, 0.2) is 24.3 Å². The zero-order chi connectivity index (χ0) is 12.3. The van der Waals surface area contributed by atoms with E-state index in [0.717, 1.165) is 10.9 Å². The number of hydrogen-bond acceptors (Lipinski definition) is 2. The van der Waals surface area contributed by atoms with E-state index in [0.29, 0.717) is 5.92 Å². The molecule has 2 rings (SSSR count). The van der Waals surface area contributed by atoms with Crippen LogP contribution in [-0.2, 0) is 0 Å². The molecule has 1 fully saturated rings. The molecule has 0 spiro atoms. The van der Waals surface area contributed by atoms with Crippen molar-refractivity contribution in [3.8, 4) is 0 Å². The van der Waals surface area contributed by atoms with Crippen LogP contribution in [0.25, 0.3) is 0 Å². The van der Waals surface area contributed by atoms with Crippen molar-refractivity contribution in [2.24, 2.45) is 17.7 Å². The van der Waals surface area contributed by atoms with Crippen molar-refractivity contribution in [1.82, 2.24) is 5.43 Å². The SMILES string of the molecule is CC1CCCC(C(NN)c2cccc(Cl)c2)C1. The monoisotopic (exact) mass is 252 g/mol. The zero-order valence-corrected chi connectivity index (χ0v) is 11.1. The average molecular weight is 253 g/mol. The zero-order valence-electron chi connectivity index (χ0n) is 10.3. The Kier molecular flexibility index (Phi) is 4.43. The average Bonchev–Trinajstić information content (AvgIpc) is 2.30. The molecule has 0 radical (unpaired) electrons. The highest BCUT2D eigenvalue weighted by Gasteiger charge is 2.27. The maximum absolute atomic E-state index is 6.04. The Morgan fingerprint density at radius 3 is 2.88 bits per heavy atom. The molecule has 1 saturated carbocycles. The molecule has 3 unspecified atom stereocenters. The predicted octanol–water partition coefficient (Wildman–Crippen LogP) is 3.67. The summed E-state index contributed by atoms with van der Waals surface area (Å²) in [6.07, 6.45) is 5.17. The maximum atomic E-state index is 6.04. The number of hydrogen-bond donors (Lipinski definition) is 2. The van der Waals surface area contributed by atoms with E-state index in [-0.39, 0.29) is 6.04 Å². The Balaban J connectivity index is 2.15. The molecule has 0 amide bonds. The normalized spacial score (nSPS) is 26.8. The first-order chi connectivity index (χ1) is 8.20. The second kappa shape index (κ2) is 5.85. The van der Waals surface area contributed by atoms with E-state index in [9.17, 15) is 0 Å². The molecule has 2 nitrogen and oxygen atoms in total. The van der Waals surface area contributed by atoms with Crippen molar-refractivity contribution in [1.29, 1.82) is 0 Å². The second-order valence-electron chi connectivity index (χ2n) is 5.23. The highest BCUT2D eigenvalue weighted by atomic mass is 35.5. The minimum Gasteiger partial charge on any atom is -0.271 e. The first-order valence-electron chi connectivity index (χ1n) is 6.42.